The highest BCUT2D eigenvalue weighted by Crippen LogP contribution is 2.28. The van der Waals surface area contributed by atoms with Crippen molar-refractivity contribution in [3.63, 3.8) is 0 Å². The van der Waals surface area contributed by atoms with Gasteiger partial charge in [-0.15, -0.1) is 4.91 Å². The predicted octanol–water partition coefficient (Wildman–Crippen LogP) is 8.31. The Kier molecular flexibility index (Phi) is 8.86. The number of benzene rings is 3. The molecule has 0 spiro atoms. The first kappa shape index (κ1) is 26.3. The monoisotopic (exact) mass is 509 g/mol. The van der Waals surface area contributed by atoms with Crippen molar-refractivity contribution < 1.29 is 4.79 Å². The number of carbonyl (C=O) groups is 1. The van der Waals surface area contributed by atoms with Gasteiger partial charge in [-0.2, -0.15) is 0 Å². The molecule has 1 aromatic heterocycles. The summed E-state index contributed by atoms with van der Waals surface area (Å²) in [6.45, 7) is 6.96. The second-order valence-corrected chi connectivity index (χ2v) is 10.3. The third kappa shape index (κ3) is 6.92. The minimum Gasteiger partial charge on any atom is -0.338 e. The Balaban J connectivity index is 1.64. The van der Waals surface area contributed by atoms with Gasteiger partial charge in [-0.05, 0) is 65.9 Å². The van der Waals surface area contributed by atoms with E-state index >= 15 is 0 Å². The number of nitroso groups, excluding NO2 is 1. The van der Waals surface area contributed by atoms with Crippen molar-refractivity contribution >= 4 is 29.6 Å². The quantitative estimate of drug-likeness (QED) is 0.0884. The van der Waals surface area contributed by atoms with Crippen LogP contribution in [0, 0.1) is 11.8 Å². The highest BCUT2D eigenvalue weighted by atomic mass is 32.2. The minimum absolute atomic E-state index is 0.0841. The molecule has 1 heterocycles. The van der Waals surface area contributed by atoms with Crippen LogP contribution >= 0.6 is 11.9 Å². The lowest BCUT2D eigenvalue weighted by Gasteiger charge is -2.16. The molecule has 0 fully saturated rings. The van der Waals surface area contributed by atoms with E-state index in [1.54, 1.807) is 18.2 Å². The molecule has 5 nitrogen and oxygen atoms in total. The number of hydrogen-bond acceptors (Lipinski definition) is 5. The van der Waals surface area contributed by atoms with Gasteiger partial charge in [-0.25, -0.2) is 4.40 Å². The fourth-order valence-corrected chi connectivity index (χ4v) is 4.92. The molecule has 0 aliphatic heterocycles. The Morgan fingerprint density at radius 1 is 0.946 bits per heavy atom. The van der Waals surface area contributed by atoms with Crippen LogP contribution in [0.3, 0.4) is 0 Å². The highest BCUT2D eigenvalue weighted by Gasteiger charge is 2.22. The smallest absolute Gasteiger partial charge is 0.165 e. The number of nitrogens with zero attached hydrogens (tertiary/aromatic N) is 3. The zero-order chi connectivity index (χ0) is 26.2. The molecule has 0 aliphatic rings. The molecule has 4 rings (SSSR count). The molecule has 0 unspecified atom stereocenters. The van der Waals surface area contributed by atoms with Gasteiger partial charge in [0.15, 0.2) is 5.78 Å². The molecule has 188 valence electrons. The maximum atomic E-state index is 13.5. The molecule has 0 atom stereocenters. The molecule has 37 heavy (non-hydrogen) atoms. The topological polar surface area (TPSA) is 63.8 Å². The SMILES string of the molecule is Cc1ccc(SN=Cc2cc(C(=O)CCc3cccc(N=O)c3)c(C(C)C)n2Cc2ccccc2)cc1. The summed E-state index contributed by atoms with van der Waals surface area (Å²) in [5.74, 6) is 0.234. The summed E-state index contributed by atoms with van der Waals surface area (Å²) in [6.07, 6.45) is 2.76. The van der Waals surface area contributed by atoms with Crippen molar-refractivity contribution in [1.82, 2.24) is 4.57 Å². The summed E-state index contributed by atoms with van der Waals surface area (Å²) in [5.41, 5.74) is 6.34. The molecular weight excluding hydrogens is 478 g/mol. The summed E-state index contributed by atoms with van der Waals surface area (Å²) in [6, 6.07) is 27.6. The summed E-state index contributed by atoms with van der Waals surface area (Å²) < 4.78 is 6.86. The number of Topliss-reactive ketones (excluding diaryl/α,β-unsaturated/α-hetero) is 1. The van der Waals surface area contributed by atoms with Crippen LogP contribution in [0.1, 0.15) is 64.6 Å². The summed E-state index contributed by atoms with van der Waals surface area (Å²) in [5, 5.41) is 3.01. The van der Waals surface area contributed by atoms with Gasteiger partial charge in [0, 0.05) is 41.1 Å². The van der Waals surface area contributed by atoms with Crippen LogP contribution in [0.2, 0.25) is 0 Å². The molecule has 0 aliphatic carbocycles. The van der Waals surface area contributed by atoms with E-state index in [9.17, 15) is 9.70 Å². The van der Waals surface area contributed by atoms with Crippen LogP contribution in [0.4, 0.5) is 5.69 Å². The van der Waals surface area contributed by atoms with Crippen molar-refractivity contribution in [2.45, 2.75) is 51.0 Å². The van der Waals surface area contributed by atoms with Crippen LogP contribution in [0.5, 0.6) is 0 Å². The minimum atomic E-state index is 0.0841. The lowest BCUT2D eigenvalue weighted by atomic mass is 9.98. The van der Waals surface area contributed by atoms with Crippen LogP contribution in [-0.4, -0.2) is 16.6 Å². The average Bonchev–Trinajstić information content (AvgIpc) is 3.27. The van der Waals surface area contributed by atoms with Crippen molar-refractivity contribution in [2.24, 2.45) is 9.57 Å². The second-order valence-electron chi connectivity index (χ2n) is 9.42. The highest BCUT2D eigenvalue weighted by molar-refractivity contribution is 7.98. The summed E-state index contributed by atoms with van der Waals surface area (Å²) >= 11 is 1.42. The Labute approximate surface area is 222 Å². The van der Waals surface area contributed by atoms with Crippen molar-refractivity contribution in [3.8, 4) is 0 Å². The second kappa shape index (κ2) is 12.5. The Bertz CT molecular complexity index is 1390. The number of hydrogen-bond donors (Lipinski definition) is 0. The van der Waals surface area contributed by atoms with Crippen molar-refractivity contribution in [1.29, 1.82) is 0 Å². The lowest BCUT2D eigenvalue weighted by molar-refractivity contribution is 0.0981. The Hall–Kier alpha value is -3.77. The number of aryl methyl sites for hydroxylation is 2. The molecule has 4 aromatic rings. The molecular formula is C31H31N3O2S. The third-order valence-electron chi connectivity index (χ3n) is 6.22. The van der Waals surface area contributed by atoms with Gasteiger partial charge < -0.3 is 4.57 Å². The van der Waals surface area contributed by atoms with E-state index in [2.05, 4.69) is 71.3 Å². The maximum Gasteiger partial charge on any atom is 0.165 e. The van der Waals surface area contributed by atoms with Gasteiger partial charge in [0.2, 0.25) is 0 Å². The molecule has 0 N–H and O–H groups in total. The van der Waals surface area contributed by atoms with E-state index in [1.165, 1.54) is 17.5 Å². The molecule has 6 heteroatoms. The van der Waals surface area contributed by atoms with E-state index in [4.69, 9.17) is 0 Å². The third-order valence-corrected chi connectivity index (χ3v) is 6.92. The standard InChI is InChI=1S/C31H31N3O2S/c1-22(2)31-29(30(35)17-14-24-10-7-11-26(18-24)33-36)19-27(34(31)21-25-8-5-4-6-9-25)20-32-37-28-15-12-23(3)13-16-28/h4-13,15-16,18-20,22H,14,17,21H2,1-3H3. The molecule has 0 bridgehead atoms. The van der Waals surface area contributed by atoms with Gasteiger partial charge in [0.25, 0.3) is 0 Å². The van der Waals surface area contributed by atoms with Gasteiger partial charge in [-0.3, -0.25) is 4.79 Å². The first-order chi connectivity index (χ1) is 17.9. The first-order valence-electron chi connectivity index (χ1n) is 12.4. The molecule has 0 saturated carbocycles. The van der Waals surface area contributed by atoms with Crippen molar-refractivity contribution in [2.75, 3.05) is 0 Å². The largest absolute Gasteiger partial charge is 0.338 e. The van der Waals surface area contributed by atoms with E-state index < -0.39 is 0 Å². The maximum absolute atomic E-state index is 13.5. The molecule has 0 saturated heterocycles. The Morgan fingerprint density at radius 3 is 2.38 bits per heavy atom. The normalized spacial score (nSPS) is 11.4. The van der Waals surface area contributed by atoms with E-state index in [0.717, 1.165) is 33.0 Å². The summed E-state index contributed by atoms with van der Waals surface area (Å²) in [7, 11) is 0. The van der Waals surface area contributed by atoms with Crippen molar-refractivity contribution in [3.05, 3.63) is 123 Å². The number of aromatic nitrogens is 1. The molecule has 0 amide bonds. The van der Waals surface area contributed by atoms with Crippen LogP contribution in [-0.2, 0) is 13.0 Å². The molecule has 0 radical (unpaired) electrons. The van der Waals surface area contributed by atoms with Gasteiger partial charge in [0.05, 0.1) is 11.9 Å². The van der Waals surface area contributed by atoms with E-state index in [1.807, 2.05) is 36.5 Å². The average molecular weight is 510 g/mol. The van der Waals surface area contributed by atoms with Gasteiger partial charge in [0.1, 0.15) is 5.69 Å². The van der Waals surface area contributed by atoms with E-state index in [0.29, 0.717) is 25.1 Å². The van der Waals surface area contributed by atoms with Crippen LogP contribution in [0.25, 0.3) is 0 Å². The zero-order valence-corrected chi connectivity index (χ0v) is 22.2. The predicted molar refractivity (Wildman–Crippen MR) is 153 cm³/mol. The summed E-state index contributed by atoms with van der Waals surface area (Å²) in [4.78, 5) is 25.4. The molecule has 3 aromatic carbocycles. The van der Waals surface area contributed by atoms with Crippen LogP contribution in [0.15, 0.2) is 99.4 Å². The number of ketones is 1. The fraction of sp³-hybridized carbons (Fsp3) is 0.226. The lowest BCUT2D eigenvalue weighted by Crippen LogP contribution is -2.12. The zero-order valence-electron chi connectivity index (χ0n) is 21.4. The van der Waals surface area contributed by atoms with E-state index in [-0.39, 0.29) is 11.7 Å². The van der Waals surface area contributed by atoms with Gasteiger partial charge in [-0.1, -0.05) is 74.0 Å². The van der Waals surface area contributed by atoms with Gasteiger partial charge >= 0.3 is 0 Å². The number of rotatable bonds is 11. The first-order valence-corrected chi connectivity index (χ1v) is 13.2. The number of carbonyl (C=O) groups excluding carboxylic acids is 1. The van der Waals surface area contributed by atoms with Crippen LogP contribution < -0.4 is 0 Å². The fourth-order valence-electron chi connectivity index (χ4n) is 4.38. The Morgan fingerprint density at radius 2 is 1.68 bits per heavy atom.